The SMILES string of the molecule is CSCCCCNc1ccnc2c(N)cccc12. The molecule has 0 aliphatic carbocycles. The second-order valence-electron chi connectivity index (χ2n) is 4.23. The number of hydrogen-bond donors (Lipinski definition) is 2. The molecule has 0 spiro atoms. The first kappa shape index (κ1) is 13.0. The van der Waals surface area contributed by atoms with Crippen LogP contribution in [0.1, 0.15) is 12.8 Å². The summed E-state index contributed by atoms with van der Waals surface area (Å²) in [4.78, 5) is 4.33. The Morgan fingerprint density at radius 2 is 2.17 bits per heavy atom. The van der Waals surface area contributed by atoms with Crippen LogP contribution in [0.3, 0.4) is 0 Å². The topological polar surface area (TPSA) is 50.9 Å². The molecule has 0 saturated carbocycles. The number of nitrogens with two attached hydrogens (primary N) is 1. The lowest BCUT2D eigenvalue weighted by atomic mass is 10.1. The van der Waals surface area contributed by atoms with E-state index < -0.39 is 0 Å². The Kier molecular flexibility index (Phi) is 4.70. The lowest BCUT2D eigenvalue weighted by Gasteiger charge is -2.10. The van der Waals surface area contributed by atoms with Crippen LogP contribution >= 0.6 is 11.8 Å². The van der Waals surface area contributed by atoms with E-state index in [9.17, 15) is 0 Å². The summed E-state index contributed by atoms with van der Waals surface area (Å²) in [6.07, 6.45) is 6.39. The zero-order valence-corrected chi connectivity index (χ0v) is 11.5. The Bertz CT molecular complexity index is 513. The number of nitrogen functional groups attached to an aromatic ring is 1. The van der Waals surface area contributed by atoms with E-state index in [0.717, 1.165) is 28.8 Å². The minimum absolute atomic E-state index is 0.735. The van der Waals surface area contributed by atoms with Gasteiger partial charge in [0.05, 0.1) is 11.2 Å². The van der Waals surface area contributed by atoms with Gasteiger partial charge in [0, 0.05) is 23.8 Å². The molecule has 0 unspecified atom stereocenters. The van der Waals surface area contributed by atoms with E-state index in [4.69, 9.17) is 5.73 Å². The number of rotatable bonds is 6. The minimum Gasteiger partial charge on any atom is -0.397 e. The molecule has 96 valence electrons. The second kappa shape index (κ2) is 6.50. The maximum Gasteiger partial charge on any atom is 0.0951 e. The molecule has 0 aliphatic heterocycles. The molecular formula is C14H19N3S. The van der Waals surface area contributed by atoms with Gasteiger partial charge in [0.25, 0.3) is 0 Å². The molecule has 1 aromatic carbocycles. The van der Waals surface area contributed by atoms with Crippen molar-refractivity contribution in [1.29, 1.82) is 0 Å². The van der Waals surface area contributed by atoms with Crippen molar-refractivity contribution in [2.24, 2.45) is 0 Å². The number of aromatic nitrogens is 1. The van der Waals surface area contributed by atoms with Gasteiger partial charge in [-0.1, -0.05) is 12.1 Å². The van der Waals surface area contributed by atoms with Crippen LogP contribution in [-0.4, -0.2) is 23.5 Å². The molecular weight excluding hydrogens is 242 g/mol. The van der Waals surface area contributed by atoms with Crippen molar-refractivity contribution in [2.75, 3.05) is 29.6 Å². The summed E-state index contributed by atoms with van der Waals surface area (Å²) in [7, 11) is 0. The first-order chi connectivity index (χ1) is 8.83. The molecule has 0 fully saturated rings. The molecule has 4 heteroatoms. The fourth-order valence-corrected chi connectivity index (χ4v) is 2.44. The van der Waals surface area contributed by atoms with Crippen LogP contribution in [0.5, 0.6) is 0 Å². The van der Waals surface area contributed by atoms with Crippen LogP contribution in [0.2, 0.25) is 0 Å². The molecule has 3 nitrogen and oxygen atoms in total. The number of para-hydroxylation sites is 1. The molecule has 3 N–H and O–H groups in total. The van der Waals surface area contributed by atoms with E-state index in [1.54, 1.807) is 0 Å². The number of pyridine rings is 1. The van der Waals surface area contributed by atoms with E-state index in [1.165, 1.54) is 18.6 Å². The van der Waals surface area contributed by atoms with Gasteiger partial charge in [0.15, 0.2) is 0 Å². The van der Waals surface area contributed by atoms with Crippen LogP contribution in [0.15, 0.2) is 30.5 Å². The number of fused-ring (bicyclic) bond motifs is 1. The van der Waals surface area contributed by atoms with Crippen LogP contribution in [0.25, 0.3) is 10.9 Å². The third-order valence-electron chi connectivity index (χ3n) is 2.89. The standard InChI is InChI=1S/C14H19N3S/c1-18-10-3-2-8-16-13-7-9-17-14-11(13)5-4-6-12(14)15/h4-7,9H,2-3,8,10,15H2,1H3,(H,16,17). The predicted molar refractivity (Wildman–Crippen MR) is 82.3 cm³/mol. The van der Waals surface area contributed by atoms with Crippen molar-refractivity contribution in [1.82, 2.24) is 4.98 Å². The quantitative estimate of drug-likeness (QED) is 0.618. The van der Waals surface area contributed by atoms with Crippen molar-refractivity contribution in [2.45, 2.75) is 12.8 Å². The average molecular weight is 261 g/mol. The van der Waals surface area contributed by atoms with Gasteiger partial charge in [-0.2, -0.15) is 11.8 Å². The van der Waals surface area contributed by atoms with Gasteiger partial charge in [0.1, 0.15) is 0 Å². The third-order valence-corrected chi connectivity index (χ3v) is 3.59. The zero-order chi connectivity index (χ0) is 12.8. The van der Waals surface area contributed by atoms with Crippen molar-refractivity contribution < 1.29 is 0 Å². The first-order valence-corrected chi connectivity index (χ1v) is 7.58. The van der Waals surface area contributed by atoms with E-state index >= 15 is 0 Å². The summed E-state index contributed by atoms with van der Waals surface area (Å²) in [5, 5.41) is 4.57. The van der Waals surface area contributed by atoms with E-state index in [1.807, 2.05) is 36.2 Å². The van der Waals surface area contributed by atoms with Crippen LogP contribution in [-0.2, 0) is 0 Å². The Balaban J connectivity index is 2.07. The van der Waals surface area contributed by atoms with Crippen LogP contribution in [0, 0.1) is 0 Å². The molecule has 1 aromatic heterocycles. The smallest absolute Gasteiger partial charge is 0.0951 e. The number of thioether (sulfide) groups is 1. The highest BCUT2D eigenvalue weighted by atomic mass is 32.2. The minimum atomic E-state index is 0.735. The van der Waals surface area contributed by atoms with Crippen molar-refractivity contribution in [3.63, 3.8) is 0 Å². The number of hydrogen-bond acceptors (Lipinski definition) is 4. The normalized spacial score (nSPS) is 10.7. The number of benzene rings is 1. The molecule has 0 saturated heterocycles. The number of nitrogens with one attached hydrogen (secondary N) is 1. The Morgan fingerprint density at radius 3 is 3.00 bits per heavy atom. The number of unbranched alkanes of at least 4 members (excludes halogenated alkanes) is 1. The molecule has 1 heterocycles. The molecule has 0 atom stereocenters. The van der Waals surface area contributed by atoms with Gasteiger partial charge in [-0.25, -0.2) is 0 Å². The molecule has 0 radical (unpaired) electrons. The lowest BCUT2D eigenvalue weighted by molar-refractivity contribution is 0.844. The van der Waals surface area contributed by atoms with E-state index in [2.05, 4.69) is 22.6 Å². The number of nitrogens with zero attached hydrogens (tertiary/aromatic N) is 1. The summed E-state index contributed by atoms with van der Waals surface area (Å²) in [6.45, 7) is 0.995. The van der Waals surface area contributed by atoms with Crippen LogP contribution in [0.4, 0.5) is 11.4 Å². The van der Waals surface area contributed by atoms with Gasteiger partial charge in [-0.05, 0) is 37.0 Å². The summed E-state index contributed by atoms with van der Waals surface area (Å²) in [6, 6.07) is 7.93. The predicted octanol–water partition coefficient (Wildman–Crippen LogP) is 3.37. The van der Waals surface area contributed by atoms with Gasteiger partial charge in [0.2, 0.25) is 0 Å². The molecule has 2 rings (SSSR count). The highest BCUT2D eigenvalue weighted by Gasteiger charge is 2.03. The highest BCUT2D eigenvalue weighted by molar-refractivity contribution is 7.98. The molecule has 2 aromatic rings. The van der Waals surface area contributed by atoms with Gasteiger partial charge < -0.3 is 11.1 Å². The van der Waals surface area contributed by atoms with E-state index in [0.29, 0.717) is 0 Å². The third kappa shape index (κ3) is 3.07. The summed E-state index contributed by atoms with van der Waals surface area (Å²) < 4.78 is 0. The fourth-order valence-electron chi connectivity index (χ4n) is 1.95. The maximum atomic E-state index is 5.93. The summed E-state index contributed by atoms with van der Waals surface area (Å²) >= 11 is 1.90. The molecule has 0 bridgehead atoms. The van der Waals surface area contributed by atoms with Crippen molar-refractivity contribution in [3.05, 3.63) is 30.5 Å². The van der Waals surface area contributed by atoms with Gasteiger partial charge >= 0.3 is 0 Å². The zero-order valence-electron chi connectivity index (χ0n) is 10.6. The average Bonchev–Trinajstić information content (AvgIpc) is 2.39. The van der Waals surface area contributed by atoms with Crippen LogP contribution < -0.4 is 11.1 Å². The van der Waals surface area contributed by atoms with Gasteiger partial charge in [-0.15, -0.1) is 0 Å². The lowest BCUT2D eigenvalue weighted by Crippen LogP contribution is -2.03. The maximum absolute atomic E-state index is 5.93. The van der Waals surface area contributed by atoms with E-state index in [-0.39, 0.29) is 0 Å². The second-order valence-corrected chi connectivity index (χ2v) is 5.21. The molecule has 0 aliphatic rings. The number of anilines is 2. The van der Waals surface area contributed by atoms with Gasteiger partial charge in [-0.3, -0.25) is 4.98 Å². The fraction of sp³-hybridized carbons (Fsp3) is 0.357. The Hall–Kier alpha value is -1.42. The van der Waals surface area contributed by atoms with Crippen molar-refractivity contribution in [3.8, 4) is 0 Å². The molecule has 18 heavy (non-hydrogen) atoms. The Labute approximate surface area is 112 Å². The summed E-state index contributed by atoms with van der Waals surface area (Å²) in [5.41, 5.74) is 8.66. The first-order valence-electron chi connectivity index (χ1n) is 6.19. The monoisotopic (exact) mass is 261 g/mol. The largest absolute Gasteiger partial charge is 0.397 e. The Morgan fingerprint density at radius 1 is 1.28 bits per heavy atom. The molecule has 0 amide bonds. The summed E-state index contributed by atoms with van der Waals surface area (Å²) in [5.74, 6) is 1.23. The highest BCUT2D eigenvalue weighted by Crippen LogP contribution is 2.25. The van der Waals surface area contributed by atoms with Crippen molar-refractivity contribution >= 4 is 34.0 Å².